The van der Waals surface area contributed by atoms with Crippen LogP contribution in [0.5, 0.6) is 11.5 Å². The predicted octanol–water partition coefficient (Wildman–Crippen LogP) is 4.72. The number of nitrogens with one attached hydrogen (secondary N) is 3. The van der Waals surface area contributed by atoms with E-state index < -0.39 is 74.5 Å². The molecule has 0 spiro atoms. The molecule has 1 aliphatic heterocycles. The molecule has 5 rings (SSSR count). The van der Waals surface area contributed by atoms with Gasteiger partial charge in [0.05, 0.1) is 30.6 Å². The number of pyridine rings is 1. The highest BCUT2D eigenvalue weighted by Gasteiger charge is 2.61. The number of aromatic nitrogens is 1. The Morgan fingerprint density at radius 3 is 2.33 bits per heavy atom. The summed E-state index contributed by atoms with van der Waals surface area (Å²) < 4.78 is 44.4. The lowest BCUT2D eigenvalue weighted by Crippen LogP contribution is -2.60. The molecule has 15 heteroatoms. The van der Waals surface area contributed by atoms with Gasteiger partial charge in [-0.25, -0.2) is 18.2 Å². The number of hydrogen-bond donors (Lipinski definition) is 3. The minimum atomic E-state index is -3.95. The van der Waals surface area contributed by atoms with Gasteiger partial charge in [-0.15, -0.1) is 6.58 Å². The molecule has 1 aliphatic carbocycles. The van der Waals surface area contributed by atoms with Gasteiger partial charge in [-0.1, -0.05) is 57.2 Å². The van der Waals surface area contributed by atoms with Crippen LogP contribution >= 0.6 is 0 Å². The quantitative estimate of drug-likeness (QED) is 0.218. The summed E-state index contributed by atoms with van der Waals surface area (Å²) in [7, 11) is -2.39. The molecule has 1 aromatic heterocycles. The van der Waals surface area contributed by atoms with E-state index in [1.165, 1.54) is 17.9 Å². The Bertz CT molecular complexity index is 2080. The van der Waals surface area contributed by atoms with E-state index in [4.69, 9.17) is 19.2 Å². The van der Waals surface area contributed by atoms with Crippen molar-refractivity contribution in [2.24, 2.45) is 11.3 Å². The summed E-state index contributed by atoms with van der Waals surface area (Å²) in [6.45, 7) is 15.5. The molecule has 1 saturated heterocycles. The summed E-state index contributed by atoms with van der Waals surface area (Å²) in [6.07, 6.45) is 0.0627. The third kappa shape index (κ3) is 9.38. The first-order valence-corrected chi connectivity index (χ1v) is 19.9. The molecule has 1 unspecified atom stereocenters. The molecule has 55 heavy (non-hydrogen) atoms. The number of fused-ring (bicyclic) bond motifs is 1. The fourth-order valence-corrected chi connectivity index (χ4v) is 7.20. The van der Waals surface area contributed by atoms with Crippen LogP contribution in [0.25, 0.3) is 22.2 Å². The number of likely N-dealkylation sites (tertiary alicyclic amines) is 1. The fraction of sp³-hybridized carbons (Fsp3) is 0.475. The Morgan fingerprint density at radius 2 is 1.75 bits per heavy atom. The number of amides is 4. The van der Waals surface area contributed by atoms with Crippen LogP contribution in [-0.4, -0.2) is 90.9 Å². The van der Waals surface area contributed by atoms with Gasteiger partial charge in [-0.05, 0) is 51.7 Å². The molecule has 1 saturated carbocycles. The maximum Gasteiger partial charge on any atom is 0.408 e. The van der Waals surface area contributed by atoms with Gasteiger partial charge >= 0.3 is 6.09 Å². The maximum absolute atomic E-state index is 14.6. The lowest BCUT2D eigenvalue weighted by molar-refractivity contribution is -0.143. The Balaban J connectivity index is 1.52. The van der Waals surface area contributed by atoms with Gasteiger partial charge in [0.1, 0.15) is 40.8 Å². The normalized spacial score (nSPS) is 21.6. The van der Waals surface area contributed by atoms with Gasteiger partial charge in [-0.3, -0.25) is 19.1 Å². The Morgan fingerprint density at radius 1 is 1.05 bits per heavy atom. The van der Waals surface area contributed by atoms with Crippen LogP contribution in [0.1, 0.15) is 61.3 Å². The van der Waals surface area contributed by atoms with Gasteiger partial charge in [0, 0.05) is 35.4 Å². The first-order valence-electron chi connectivity index (χ1n) is 18.2. The van der Waals surface area contributed by atoms with Crippen molar-refractivity contribution < 1.29 is 41.8 Å². The fourth-order valence-electron chi connectivity index (χ4n) is 6.59. The molecule has 2 aromatic carbocycles. The third-order valence-corrected chi connectivity index (χ3v) is 10.9. The van der Waals surface area contributed by atoms with Crippen molar-refractivity contribution in [2.75, 3.05) is 19.4 Å². The first kappa shape index (κ1) is 41.0. The number of rotatable bonds is 12. The van der Waals surface area contributed by atoms with Crippen LogP contribution in [0.15, 0.2) is 67.3 Å². The van der Waals surface area contributed by atoms with E-state index in [0.717, 1.165) is 5.56 Å². The molecule has 0 radical (unpaired) electrons. The van der Waals surface area contributed by atoms with E-state index in [2.05, 4.69) is 21.9 Å². The summed E-state index contributed by atoms with van der Waals surface area (Å²) in [5.41, 5.74) is -1.19. The number of ether oxygens (including phenoxy) is 3. The van der Waals surface area contributed by atoms with Crippen LogP contribution in [0.4, 0.5) is 4.79 Å². The number of sulfonamides is 1. The smallest absolute Gasteiger partial charge is 0.408 e. The van der Waals surface area contributed by atoms with Crippen molar-refractivity contribution in [3.8, 4) is 22.8 Å². The van der Waals surface area contributed by atoms with Crippen LogP contribution in [0.3, 0.4) is 0 Å². The maximum atomic E-state index is 14.6. The largest absolute Gasteiger partial charge is 0.497 e. The van der Waals surface area contributed by atoms with Crippen LogP contribution in [-0.2, 0) is 29.1 Å². The molecule has 2 aliphatic rings. The van der Waals surface area contributed by atoms with Gasteiger partial charge in [-0.2, -0.15) is 0 Å². The third-order valence-electron chi connectivity index (χ3n) is 9.64. The number of alkyl carbamates (subject to hydrolysis) is 1. The number of carbonyl (C=O) groups excluding carboxylic acids is 4. The molecule has 3 aromatic rings. The van der Waals surface area contributed by atoms with Crippen molar-refractivity contribution in [1.29, 1.82) is 0 Å². The number of methoxy groups -OCH3 is 1. The molecule has 0 bridgehead atoms. The summed E-state index contributed by atoms with van der Waals surface area (Å²) in [4.78, 5) is 61.6. The van der Waals surface area contributed by atoms with Crippen molar-refractivity contribution in [3.05, 3.63) is 67.3 Å². The molecule has 14 nitrogen and oxygen atoms in total. The topological polar surface area (TPSA) is 182 Å². The molecule has 5 atom stereocenters. The molecule has 4 amide bonds. The second kappa shape index (κ2) is 15.5. The summed E-state index contributed by atoms with van der Waals surface area (Å²) in [6, 6.07) is 14.4. The number of benzene rings is 2. The Hall–Kier alpha value is -5.18. The molecule has 296 valence electrons. The van der Waals surface area contributed by atoms with E-state index in [9.17, 15) is 27.6 Å². The van der Waals surface area contributed by atoms with E-state index in [-0.39, 0.29) is 25.1 Å². The Labute approximate surface area is 322 Å². The van der Waals surface area contributed by atoms with Gasteiger partial charge in [0.15, 0.2) is 0 Å². The summed E-state index contributed by atoms with van der Waals surface area (Å²) in [5, 5.41) is 6.16. The predicted molar refractivity (Wildman–Crippen MR) is 208 cm³/mol. The highest BCUT2D eigenvalue weighted by atomic mass is 32.2. The summed E-state index contributed by atoms with van der Waals surface area (Å²) in [5.74, 6) is -1.98. The second-order valence-corrected chi connectivity index (χ2v) is 18.0. The minimum absolute atomic E-state index is 0.00519. The van der Waals surface area contributed by atoms with E-state index in [1.54, 1.807) is 66.9 Å². The minimum Gasteiger partial charge on any atom is -0.497 e. The average Bonchev–Trinajstić information content (AvgIpc) is 3.67. The van der Waals surface area contributed by atoms with E-state index >= 15 is 0 Å². The highest BCUT2D eigenvalue weighted by molar-refractivity contribution is 7.90. The molecule has 2 fully saturated rings. The average molecular weight is 778 g/mol. The van der Waals surface area contributed by atoms with Crippen molar-refractivity contribution in [1.82, 2.24) is 25.2 Å². The molecule has 3 N–H and O–H groups in total. The van der Waals surface area contributed by atoms with Gasteiger partial charge in [0.25, 0.3) is 5.91 Å². The SMILES string of the molecule is C=CC1C[C@]1(NC(=O)[C@@H]1C[C@@H](Oc2cc(-c3ccccc3)nc3cc(OC)ccc23)CN1C(=O)[C@@H](NC(=O)OC(C)(C)C)C(C)(C)C)C(=O)NS(=O)(=O)CC. The van der Waals surface area contributed by atoms with Crippen LogP contribution in [0, 0.1) is 11.3 Å². The van der Waals surface area contributed by atoms with Crippen LogP contribution in [0.2, 0.25) is 0 Å². The van der Waals surface area contributed by atoms with Crippen molar-refractivity contribution in [2.45, 2.75) is 90.6 Å². The van der Waals surface area contributed by atoms with E-state index in [1.807, 2.05) is 36.4 Å². The number of carbonyl (C=O) groups is 4. The Kier molecular flexibility index (Phi) is 11.6. The standard InChI is InChI=1S/C40H51N5O9S/c1-10-25-22-40(25,36(48)44-55(50,51)11-2)43-34(46)31-20-27(23-45(31)35(47)33(38(3,4)5)42-37(49)54-39(6,7)8)53-32-21-29(24-15-13-12-14-16-24)41-30-19-26(52-9)17-18-28(30)32/h10,12-19,21,25,27,31,33H,1,11,20,22-23H2,2-9H3,(H,42,49)(H,43,46)(H,44,48)/t25?,27-,31+,33-,40-/m1/s1. The molecular formula is C40H51N5O9S. The number of nitrogens with zero attached hydrogens (tertiary/aromatic N) is 2. The zero-order valence-electron chi connectivity index (χ0n) is 32.6. The van der Waals surface area contributed by atoms with Crippen molar-refractivity contribution >= 4 is 44.7 Å². The zero-order chi connectivity index (χ0) is 40.5. The lowest BCUT2D eigenvalue weighted by atomic mass is 9.85. The molecular weight excluding hydrogens is 727 g/mol. The first-order chi connectivity index (χ1) is 25.7. The van der Waals surface area contributed by atoms with Crippen molar-refractivity contribution in [3.63, 3.8) is 0 Å². The monoisotopic (exact) mass is 777 g/mol. The zero-order valence-corrected chi connectivity index (χ0v) is 33.4. The number of hydrogen-bond acceptors (Lipinski definition) is 10. The highest BCUT2D eigenvalue weighted by Crippen LogP contribution is 2.45. The van der Waals surface area contributed by atoms with Gasteiger partial charge in [0.2, 0.25) is 21.8 Å². The van der Waals surface area contributed by atoms with Gasteiger partial charge < -0.3 is 29.7 Å². The summed E-state index contributed by atoms with van der Waals surface area (Å²) >= 11 is 0. The van der Waals surface area contributed by atoms with E-state index in [0.29, 0.717) is 28.1 Å². The second-order valence-electron chi connectivity index (χ2n) is 16.0. The molecule has 2 heterocycles. The van der Waals surface area contributed by atoms with Crippen LogP contribution < -0.4 is 24.8 Å². The lowest BCUT2D eigenvalue weighted by Gasteiger charge is -2.36.